The Morgan fingerprint density at radius 3 is 2.46 bits per heavy atom. The summed E-state index contributed by atoms with van der Waals surface area (Å²) in [5, 5.41) is 3.24. The van der Waals surface area contributed by atoms with E-state index >= 15 is 0 Å². The third-order valence-corrected chi connectivity index (χ3v) is 5.52. The van der Waals surface area contributed by atoms with E-state index in [4.69, 9.17) is 0 Å². The summed E-state index contributed by atoms with van der Waals surface area (Å²) in [6, 6.07) is 7.71. The van der Waals surface area contributed by atoms with Crippen molar-refractivity contribution in [3.63, 3.8) is 0 Å². The van der Waals surface area contributed by atoms with Gasteiger partial charge in [-0.2, -0.15) is 0 Å². The van der Waals surface area contributed by atoms with Crippen molar-refractivity contribution in [2.24, 2.45) is 14.1 Å². The molecule has 0 aliphatic rings. The van der Waals surface area contributed by atoms with Gasteiger partial charge in [0.1, 0.15) is 0 Å². The van der Waals surface area contributed by atoms with Crippen LogP contribution in [0.25, 0.3) is 11.2 Å². The molecule has 0 atom stereocenters. The van der Waals surface area contributed by atoms with Gasteiger partial charge in [-0.25, -0.2) is 9.78 Å². The molecule has 0 unspecified atom stereocenters. The molecule has 148 valence electrons. The molecule has 0 saturated carbocycles. The van der Waals surface area contributed by atoms with Crippen LogP contribution in [0.1, 0.15) is 18.1 Å². The van der Waals surface area contributed by atoms with Crippen molar-refractivity contribution in [1.82, 2.24) is 24.0 Å². The number of aromatic nitrogens is 4. The molecular formula is C19H23N5O3S. The summed E-state index contributed by atoms with van der Waals surface area (Å²) in [6.07, 6.45) is 0. The number of hydrogen-bond donors (Lipinski definition) is 1. The van der Waals surface area contributed by atoms with Gasteiger partial charge in [0, 0.05) is 20.6 Å². The van der Waals surface area contributed by atoms with Gasteiger partial charge in [0.05, 0.1) is 12.3 Å². The molecule has 0 aliphatic carbocycles. The van der Waals surface area contributed by atoms with Crippen molar-refractivity contribution in [2.75, 3.05) is 12.3 Å². The van der Waals surface area contributed by atoms with Gasteiger partial charge in [0.2, 0.25) is 5.91 Å². The van der Waals surface area contributed by atoms with Gasteiger partial charge < -0.3 is 9.88 Å². The van der Waals surface area contributed by atoms with Crippen LogP contribution in [-0.2, 0) is 25.4 Å². The Morgan fingerprint density at radius 1 is 1.14 bits per heavy atom. The summed E-state index contributed by atoms with van der Waals surface area (Å²) >= 11 is 1.23. The average molecular weight is 401 g/mol. The minimum absolute atomic E-state index is 0.106. The van der Waals surface area contributed by atoms with Crippen LogP contribution in [0.3, 0.4) is 0 Å². The molecule has 28 heavy (non-hydrogen) atoms. The highest BCUT2D eigenvalue weighted by atomic mass is 32.2. The molecule has 1 amide bonds. The zero-order valence-corrected chi connectivity index (χ0v) is 17.2. The first kappa shape index (κ1) is 19.9. The number of fused-ring (bicyclic) bond motifs is 1. The fraction of sp³-hybridized carbons (Fsp3) is 0.368. The average Bonchev–Trinajstić information content (AvgIpc) is 3.00. The van der Waals surface area contributed by atoms with E-state index < -0.39 is 11.2 Å². The number of carbonyl (C=O) groups is 1. The molecule has 3 rings (SSSR count). The van der Waals surface area contributed by atoms with Gasteiger partial charge in [-0.15, -0.1) is 0 Å². The lowest BCUT2D eigenvalue weighted by molar-refractivity contribution is -0.118. The topological polar surface area (TPSA) is 90.9 Å². The fourth-order valence-electron chi connectivity index (χ4n) is 2.95. The summed E-state index contributed by atoms with van der Waals surface area (Å²) in [4.78, 5) is 41.9. The van der Waals surface area contributed by atoms with Gasteiger partial charge in [0.15, 0.2) is 16.3 Å². The molecule has 0 saturated heterocycles. The summed E-state index contributed by atoms with van der Waals surface area (Å²) in [7, 11) is 3.32. The van der Waals surface area contributed by atoms with Crippen molar-refractivity contribution in [3.8, 4) is 0 Å². The van der Waals surface area contributed by atoms with Crippen molar-refractivity contribution in [3.05, 3.63) is 56.2 Å². The van der Waals surface area contributed by atoms with Gasteiger partial charge in [-0.05, 0) is 19.4 Å². The first-order chi connectivity index (χ1) is 13.3. The van der Waals surface area contributed by atoms with Gasteiger partial charge in [-0.1, -0.05) is 41.6 Å². The molecule has 2 heterocycles. The molecule has 1 aromatic carbocycles. The Kier molecular flexibility index (Phi) is 5.73. The number of nitrogens with zero attached hydrogens (tertiary/aromatic N) is 4. The number of rotatable bonds is 6. The molecule has 0 spiro atoms. The van der Waals surface area contributed by atoms with Crippen LogP contribution in [0.2, 0.25) is 0 Å². The maximum absolute atomic E-state index is 13.0. The molecule has 0 aliphatic heterocycles. The van der Waals surface area contributed by atoms with Crippen LogP contribution in [0, 0.1) is 6.92 Å². The molecule has 2 aromatic heterocycles. The van der Waals surface area contributed by atoms with Gasteiger partial charge in [0.25, 0.3) is 5.56 Å². The number of aryl methyl sites for hydroxylation is 3. The standard InChI is InChI=1S/C19H23N5O3S/c1-5-20-14(25)11-28-18-21-16-15(22(18)3)17(26)24(19(27)23(16)4)10-13-8-6-12(2)7-9-13/h6-9H,5,10-11H2,1-4H3,(H,20,25). The Morgan fingerprint density at radius 2 is 1.82 bits per heavy atom. The van der Waals surface area contributed by atoms with E-state index in [1.165, 1.54) is 20.9 Å². The molecule has 3 aromatic rings. The van der Waals surface area contributed by atoms with E-state index in [2.05, 4.69) is 10.3 Å². The van der Waals surface area contributed by atoms with E-state index in [1.807, 2.05) is 38.1 Å². The molecule has 0 bridgehead atoms. The number of thioether (sulfide) groups is 1. The van der Waals surface area contributed by atoms with Crippen molar-refractivity contribution >= 4 is 28.8 Å². The lowest BCUT2D eigenvalue weighted by Gasteiger charge is -2.09. The first-order valence-corrected chi connectivity index (χ1v) is 9.93. The van der Waals surface area contributed by atoms with Crippen molar-refractivity contribution < 1.29 is 4.79 Å². The molecule has 8 nitrogen and oxygen atoms in total. The second-order valence-electron chi connectivity index (χ2n) is 6.59. The SMILES string of the molecule is CCNC(=O)CSc1nc2c(c(=O)n(Cc3ccc(C)cc3)c(=O)n2C)n1C. The highest BCUT2D eigenvalue weighted by Gasteiger charge is 2.19. The smallest absolute Gasteiger partial charge is 0.332 e. The molecule has 0 fully saturated rings. The van der Waals surface area contributed by atoms with Crippen LogP contribution in [0.15, 0.2) is 39.0 Å². The quantitative estimate of drug-likeness (QED) is 0.623. The zero-order valence-electron chi connectivity index (χ0n) is 16.4. The van der Waals surface area contributed by atoms with E-state index in [0.717, 1.165) is 11.1 Å². The number of benzene rings is 1. The van der Waals surface area contributed by atoms with E-state index in [1.54, 1.807) is 18.7 Å². The van der Waals surface area contributed by atoms with Crippen LogP contribution in [-0.4, -0.2) is 36.9 Å². The summed E-state index contributed by atoms with van der Waals surface area (Å²) in [6.45, 7) is 4.58. The largest absolute Gasteiger partial charge is 0.356 e. The number of amides is 1. The van der Waals surface area contributed by atoms with E-state index in [-0.39, 0.29) is 18.2 Å². The predicted octanol–water partition coefficient (Wildman–Crippen LogP) is 1.02. The normalized spacial score (nSPS) is 11.1. The Hall–Kier alpha value is -2.81. The van der Waals surface area contributed by atoms with Crippen LogP contribution < -0.4 is 16.6 Å². The predicted molar refractivity (Wildman–Crippen MR) is 110 cm³/mol. The Bertz CT molecular complexity index is 1140. The van der Waals surface area contributed by atoms with Crippen LogP contribution in [0.5, 0.6) is 0 Å². The Labute approximate surface area is 166 Å². The van der Waals surface area contributed by atoms with E-state index in [0.29, 0.717) is 22.9 Å². The summed E-state index contributed by atoms with van der Waals surface area (Å²) in [5.41, 5.74) is 1.83. The maximum Gasteiger partial charge on any atom is 0.332 e. The highest BCUT2D eigenvalue weighted by Crippen LogP contribution is 2.20. The minimum Gasteiger partial charge on any atom is -0.356 e. The molecule has 1 N–H and O–H groups in total. The number of imidazole rings is 1. The monoisotopic (exact) mass is 401 g/mol. The lowest BCUT2D eigenvalue weighted by atomic mass is 10.1. The highest BCUT2D eigenvalue weighted by molar-refractivity contribution is 7.99. The minimum atomic E-state index is -0.420. The zero-order chi connectivity index (χ0) is 20.4. The summed E-state index contributed by atoms with van der Waals surface area (Å²) in [5.74, 6) is 0.0847. The molecule has 0 radical (unpaired) electrons. The molecule has 9 heteroatoms. The second kappa shape index (κ2) is 8.05. The number of nitrogens with one attached hydrogen (secondary N) is 1. The summed E-state index contributed by atoms with van der Waals surface area (Å²) < 4.78 is 4.24. The lowest BCUT2D eigenvalue weighted by Crippen LogP contribution is -2.39. The third-order valence-electron chi connectivity index (χ3n) is 4.49. The van der Waals surface area contributed by atoms with E-state index in [9.17, 15) is 14.4 Å². The van der Waals surface area contributed by atoms with Gasteiger partial charge in [-0.3, -0.25) is 18.7 Å². The number of hydrogen-bond acceptors (Lipinski definition) is 5. The van der Waals surface area contributed by atoms with Crippen LogP contribution >= 0.6 is 11.8 Å². The fourth-order valence-corrected chi connectivity index (χ4v) is 3.74. The van der Waals surface area contributed by atoms with Gasteiger partial charge >= 0.3 is 5.69 Å². The molecular weight excluding hydrogens is 378 g/mol. The van der Waals surface area contributed by atoms with Crippen LogP contribution in [0.4, 0.5) is 0 Å². The van der Waals surface area contributed by atoms with Crippen molar-refractivity contribution in [2.45, 2.75) is 25.5 Å². The number of carbonyl (C=O) groups excluding carboxylic acids is 1. The first-order valence-electron chi connectivity index (χ1n) is 8.94. The Balaban J connectivity index is 2.04. The maximum atomic E-state index is 13.0. The third kappa shape index (κ3) is 3.75. The second-order valence-corrected chi connectivity index (χ2v) is 7.53. The van der Waals surface area contributed by atoms with Crippen molar-refractivity contribution in [1.29, 1.82) is 0 Å².